The minimum atomic E-state index is -0.230. The molecule has 0 unspecified atom stereocenters. The van der Waals surface area contributed by atoms with Gasteiger partial charge in [0.1, 0.15) is 0 Å². The molecule has 3 rings (SSSR count). The fourth-order valence-corrected chi connectivity index (χ4v) is 2.41. The Bertz CT molecular complexity index is 843. The number of hydrogen-bond acceptors (Lipinski definition) is 3. The minimum Gasteiger partial charge on any atom is -0.334 e. The number of aromatic nitrogens is 3. The number of rotatable bonds is 5. The maximum absolute atomic E-state index is 11.9. The molecule has 128 valence electrons. The molecular weight excluding hydrogens is 338 g/mol. The van der Waals surface area contributed by atoms with Crippen LogP contribution < -0.4 is 10.6 Å². The van der Waals surface area contributed by atoms with Gasteiger partial charge in [0.05, 0.1) is 11.9 Å². The van der Waals surface area contributed by atoms with E-state index < -0.39 is 0 Å². The number of benzene rings is 1. The molecule has 0 aliphatic rings. The van der Waals surface area contributed by atoms with Crippen molar-refractivity contribution in [1.82, 2.24) is 25.4 Å². The van der Waals surface area contributed by atoms with E-state index in [0.29, 0.717) is 18.1 Å². The van der Waals surface area contributed by atoms with Crippen LogP contribution in [0.15, 0.2) is 55.0 Å². The zero-order valence-electron chi connectivity index (χ0n) is 13.7. The molecule has 6 nitrogen and oxygen atoms in total. The van der Waals surface area contributed by atoms with E-state index in [2.05, 4.69) is 20.7 Å². The van der Waals surface area contributed by atoms with Crippen LogP contribution in [-0.4, -0.2) is 20.8 Å². The topological polar surface area (TPSA) is 71.8 Å². The molecule has 0 atom stereocenters. The van der Waals surface area contributed by atoms with Gasteiger partial charge in [-0.05, 0) is 29.3 Å². The molecule has 0 spiro atoms. The highest BCUT2D eigenvalue weighted by atomic mass is 35.5. The summed E-state index contributed by atoms with van der Waals surface area (Å²) in [6, 6.07) is 11.0. The summed E-state index contributed by atoms with van der Waals surface area (Å²) >= 11 is 5.83. The van der Waals surface area contributed by atoms with Gasteiger partial charge in [0.25, 0.3) is 0 Å². The van der Waals surface area contributed by atoms with Crippen LogP contribution >= 0.6 is 11.6 Å². The van der Waals surface area contributed by atoms with Crippen LogP contribution in [0.2, 0.25) is 5.02 Å². The normalized spacial score (nSPS) is 10.5. The quantitative estimate of drug-likeness (QED) is 0.738. The highest BCUT2D eigenvalue weighted by Crippen LogP contribution is 2.15. The Kier molecular flexibility index (Phi) is 5.30. The molecule has 0 radical (unpaired) electrons. The van der Waals surface area contributed by atoms with Crippen LogP contribution in [-0.2, 0) is 20.1 Å². The third kappa shape index (κ3) is 4.81. The average Bonchev–Trinajstić information content (AvgIpc) is 3.06. The van der Waals surface area contributed by atoms with E-state index in [1.165, 1.54) is 0 Å². The van der Waals surface area contributed by atoms with Gasteiger partial charge in [0.2, 0.25) is 0 Å². The minimum absolute atomic E-state index is 0.230. The Hall–Kier alpha value is -2.86. The van der Waals surface area contributed by atoms with Crippen molar-refractivity contribution in [2.75, 3.05) is 0 Å². The van der Waals surface area contributed by atoms with Gasteiger partial charge in [-0.3, -0.25) is 9.67 Å². The summed E-state index contributed by atoms with van der Waals surface area (Å²) < 4.78 is 1.73. The van der Waals surface area contributed by atoms with Gasteiger partial charge in [0.15, 0.2) is 0 Å². The Balaban J connectivity index is 1.47. The number of carbonyl (C=O) groups is 1. The maximum Gasteiger partial charge on any atom is 0.315 e. The fraction of sp³-hybridized carbons (Fsp3) is 0.167. The van der Waals surface area contributed by atoms with E-state index in [4.69, 9.17) is 11.6 Å². The largest absolute Gasteiger partial charge is 0.334 e. The van der Waals surface area contributed by atoms with Crippen LogP contribution in [0, 0.1) is 0 Å². The third-order valence-corrected chi connectivity index (χ3v) is 3.90. The number of aryl methyl sites for hydroxylation is 1. The zero-order chi connectivity index (χ0) is 17.6. The first-order chi connectivity index (χ1) is 12.1. The van der Waals surface area contributed by atoms with Crippen LogP contribution in [0.25, 0.3) is 11.3 Å². The Morgan fingerprint density at radius 2 is 1.72 bits per heavy atom. The third-order valence-electron chi connectivity index (χ3n) is 3.64. The lowest BCUT2D eigenvalue weighted by Crippen LogP contribution is -2.34. The second kappa shape index (κ2) is 7.81. The van der Waals surface area contributed by atoms with Gasteiger partial charge in [-0.15, -0.1) is 0 Å². The van der Waals surface area contributed by atoms with Crippen molar-refractivity contribution in [3.63, 3.8) is 0 Å². The van der Waals surface area contributed by atoms with Gasteiger partial charge in [-0.2, -0.15) is 5.10 Å². The molecule has 2 heterocycles. The monoisotopic (exact) mass is 355 g/mol. The second-order valence-electron chi connectivity index (χ2n) is 5.62. The van der Waals surface area contributed by atoms with Crippen LogP contribution in [0.3, 0.4) is 0 Å². The van der Waals surface area contributed by atoms with Gasteiger partial charge in [-0.25, -0.2) is 4.79 Å². The molecule has 2 N–H and O–H groups in total. The second-order valence-corrected chi connectivity index (χ2v) is 6.05. The summed E-state index contributed by atoms with van der Waals surface area (Å²) in [5.74, 6) is 0. The van der Waals surface area contributed by atoms with Crippen molar-refractivity contribution in [2.45, 2.75) is 13.1 Å². The van der Waals surface area contributed by atoms with Crippen molar-refractivity contribution in [3.05, 3.63) is 71.1 Å². The zero-order valence-corrected chi connectivity index (χ0v) is 14.5. The Morgan fingerprint density at radius 1 is 1.04 bits per heavy atom. The number of nitrogens with one attached hydrogen (secondary N) is 2. The van der Waals surface area contributed by atoms with Crippen LogP contribution in [0.4, 0.5) is 4.79 Å². The molecule has 25 heavy (non-hydrogen) atoms. The van der Waals surface area contributed by atoms with Crippen molar-refractivity contribution in [3.8, 4) is 11.3 Å². The highest BCUT2D eigenvalue weighted by molar-refractivity contribution is 6.30. The number of urea groups is 1. The first-order valence-corrected chi connectivity index (χ1v) is 8.18. The molecular formula is C18H18ClN5O. The first kappa shape index (κ1) is 17.0. The molecule has 1 aromatic carbocycles. The van der Waals surface area contributed by atoms with E-state index >= 15 is 0 Å². The molecule has 0 aliphatic carbocycles. The van der Waals surface area contributed by atoms with E-state index in [0.717, 1.165) is 22.4 Å². The molecule has 0 saturated heterocycles. The van der Waals surface area contributed by atoms with Crippen LogP contribution in [0.5, 0.6) is 0 Å². The lowest BCUT2D eigenvalue weighted by atomic mass is 10.2. The van der Waals surface area contributed by atoms with Crippen LogP contribution in [0.1, 0.15) is 11.1 Å². The van der Waals surface area contributed by atoms with Crippen molar-refractivity contribution in [2.24, 2.45) is 7.05 Å². The van der Waals surface area contributed by atoms with Crippen molar-refractivity contribution >= 4 is 17.6 Å². The summed E-state index contributed by atoms with van der Waals surface area (Å²) in [5.41, 5.74) is 3.73. The van der Waals surface area contributed by atoms with Crippen molar-refractivity contribution < 1.29 is 4.79 Å². The molecule has 0 bridgehead atoms. The van der Waals surface area contributed by atoms with Gasteiger partial charge in [0, 0.05) is 43.1 Å². The van der Waals surface area contributed by atoms with Crippen molar-refractivity contribution in [1.29, 1.82) is 0 Å². The summed E-state index contributed by atoms with van der Waals surface area (Å²) in [5, 5.41) is 10.4. The van der Waals surface area contributed by atoms with Gasteiger partial charge < -0.3 is 10.6 Å². The van der Waals surface area contributed by atoms with E-state index in [1.54, 1.807) is 29.2 Å². The summed E-state index contributed by atoms with van der Waals surface area (Å²) in [4.78, 5) is 16.3. The Labute approximate surface area is 150 Å². The lowest BCUT2D eigenvalue weighted by molar-refractivity contribution is 0.240. The fourth-order valence-electron chi connectivity index (χ4n) is 2.28. The SMILES string of the molecule is Cn1cc(-c2ccc(CNC(=O)NCc3ccc(Cl)cc3)cn2)cn1. The molecule has 2 aromatic heterocycles. The number of hydrogen-bond donors (Lipinski definition) is 2. The van der Waals surface area contributed by atoms with E-state index in [-0.39, 0.29) is 6.03 Å². The summed E-state index contributed by atoms with van der Waals surface area (Å²) in [6.45, 7) is 0.855. The number of pyridine rings is 1. The predicted octanol–water partition coefficient (Wildman–Crippen LogP) is 3.13. The van der Waals surface area contributed by atoms with E-state index in [9.17, 15) is 4.79 Å². The Morgan fingerprint density at radius 3 is 2.32 bits per heavy atom. The maximum atomic E-state index is 11.9. The number of amides is 2. The molecule has 0 fully saturated rings. The highest BCUT2D eigenvalue weighted by Gasteiger charge is 2.04. The molecule has 7 heteroatoms. The van der Waals surface area contributed by atoms with E-state index in [1.807, 2.05) is 37.5 Å². The number of carbonyl (C=O) groups excluding carboxylic acids is 1. The molecule has 2 amide bonds. The predicted molar refractivity (Wildman–Crippen MR) is 97.0 cm³/mol. The van der Waals surface area contributed by atoms with Gasteiger partial charge >= 0.3 is 6.03 Å². The first-order valence-electron chi connectivity index (χ1n) is 7.80. The smallest absolute Gasteiger partial charge is 0.315 e. The lowest BCUT2D eigenvalue weighted by Gasteiger charge is -2.08. The summed E-state index contributed by atoms with van der Waals surface area (Å²) in [6.07, 6.45) is 5.43. The number of nitrogens with zero attached hydrogens (tertiary/aromatic N) is 3. The van der Waals surface area contributed by atoms with Gasteiger partial charge in [-0.1, -0.05) is 29.8 Å². The molecule has 3 aromatic rings. The standard InChI is InChI=1S/C18H18ClN5O/c1-24-12-15(11-23-24)17-7-4-14(9-20-17)10-22-18(25)21-8-13-2-5-16(19)6-3-13/h2-7,9,11-12H,8,10H2,1H3,(H2,21,22,25). The number of halogens is 1. The summed E-state index contributed by atoms with van der Waals surface area (Å²) in [7, 11) is 1.87. The molecule has 0 aliphatic heterocycles. The molecule has 0 saturated carbocycles. The average molecular weight is 356 g/mol.